The van der Waals surface area contributed by atoms with E-state index in [-0.39, 0.29) is 5.91 Å². The molecule has 3 heterocycles. The number of fused-ring (bicyclic) bond motifs is 2. The number of hydrogen-bond acceptors (Lipinski definition) is 6. The summed E-state index contributed by atoms with van der Waals surface area (Å²) in [7, 11) is 0. The molecule has 0 fully saturated rings. The van der Waals surface area contributed by atoms with Gasteiger partial charge in [-0.3, -0.25) is 4.79 Å². The van der Waals surface area contributed by atoms with Crippen molar-refractivity contribution in [3.63, 3.8) is 0 Å². The van der Waals surface area contributed by atoms with Gasteiger partial charge in [-0.05, 0) is 44.9 Å². The smallest absolute Gasteiger partial charge is 0.253 e. The first-order chi connectivity index (χ1) is 13.4. The maximum absolute atomic E-state index is 13.0. The topological polar surface area (TPSA) is 63.4 Å². The molecule has 0 saturated carbocycles. The quantitative estimate of drug-likeness (QED) is 0.604. The first-order valence-corrected chi connectivity index (χ1v) is 11.2. The van der Waals surface area contributed by atoms with E-state index < -0.39 is 0 Å². The fourth-order valence-electron chi connectivity index (χ4n) is 3.25. The molecule has 1 aromatic carbocycles. The van der Waals surface area contributed by atoms with Crippen molar-refractivity contribution in [3.05, 3.63) is 41.2 Å². The van der Waals surface area contributed by atoms with E-state index in [9.17, 15) is 4.79 Å². The van der Waals surface area contributed by atoms with Gasteiger partial charge in [0.05, 0.1) is 11.4 Å². The third kappa shape index (κ3) is 3.63. The molecule has 1 atom stereocenters. The lowest BCUT2D eigenvalue weighted by Gasteiger charge is -2.22. The lowest BCUT2D eigenvalue weighted by atomic mass is 10.2. The Morgan fingerprint density at radius 3 is 2.86 bits per heavy atom. The Morgan fingerprint density at radius 2 is 2.04 bits per heavy atom. The van der Waals surface area contributed by atoms with Crippen LogP contribution in [0, 0.1) is 20.8 Å². The van der Waals surface area contributed by atoms with Gasteiger partial charge in [0.25, 0.3) is 5.78 Å². The highest BCUT2D eigenvalue weighted by molar-refractivity contribution is 8.00. The number of rotatable bonds is 3. The Labute approximate surface area is 173 Å². The average Bonchev–Trinajstić information content (AvgIpc) is 3.00. The Balaban J connectivity index is 1.53. The highest BCUT2D eigenvalue weighted by Gasteiger charge is 2.24. The third-order valence-electron chi connectivity index (χ3n) is 5.11. The number of hydrogen-bond donors (Lipinski definition) is 0. The molecule has 3 aromatic rings. The first kappa shape index (κ1) is 19.3. The average molecular weight is 414 g/mol. The summed E-state index contributed by atoms with van der Waals surface area (Å²) in [6.07, 6.45) is 0.976. The monoisotopic (exact) mass is 413 g/mol. The Hall–Kier alpha value is -2.06. The van der Waals surface area contributed by atoms with Crippen molar-refractivity contribution in [3.8, 4) is 0 Å². The number of aromatic nitrogens is 4. The molecule has 1 aliphatic heterocycles. The highest BCUT2D eigenvalue weighted by Crippen LogP contribution is 2.37. The van der Waals surface area contributed by atoms with Crippen LogP contribution in [-0.4, -0.2) is 43.0 Å². The molecular formula is C20H23N5OS2. The summed E-state index contributed by atoms with van der Waals surface area (Å²) in [5.41, 5.74) is 4.10. The van der Waals surface area contributed by atoms with E-state index in [1.54, 1.807) is 4.52 Å². The summed E-state index contributed by atoms with van der Waals surface area (Å²) in [4.78, 5) is 25.1. The van der Waals surface area contributed by atoms with Crippen molar-refractivity contribution in [1.82, 2.24) is 19.6 Å². The lowest BCUT2D eigenvalue weighted by Crippen LogP contribution is -2.33. The molecule has 6 nitrogen and oxygen atoms in total. The molecule has 0 radical (unpaired) electrons. The number of amides is 1. The molecular weight excluding hydrogens is 390 g/mol. The van der Waals surface area contributed by atoms with Crippen LogP contribution < -0.4 is 4.90 Å². The van der Waals surface area contributed by atoms with Crippen molar-refractivity contribution in [2.24, 2.45) is 0 Å². The molecule has 0 aliphatic carbocycles. The van der Waals surface area contributed by atoms with E-state index in [0.29, 0.717) is 21.9 Å². The predicted molar refractivity (Wildman–Crippen MR) is 114 cm³/mol. The van der Waals surface area contributed by atoms with Crippen molar-refractivity contribution >= 4 is 40.9 Å². The van der Waals surface area contributed by atoms with Gasteiger partial charge < -0.3 is 4.90 Å². The number of benzene rings is 1. The summed E-state index contributed by atoms with van der Waals surface area (Å²) < 4.78 is 1.76. The van der Waals surface area contributed by atoms with Gasteiger partial charge in [0.2, 0.25) is 11.1 Å². The lowest BCUT2D eigenvalue weighted by molar-refractivity contribution is -0.116. The number of aryl methyl sites for hydroxylation is 2. The third-order valence-corrected chi connectivity index (χ3v) is 7.17. The van der Waals surface area contributed by atoms with E-state index in [4.69, 9.17) is 0 Å². The largest absolute Gasteiger partial charge is 0.311 e. The molecule has 28 heavy (non-hydrogen) atoms. The zero-order valence-electron chi connectivity index (χ0n) is 16.5. The van der Waals surface area contributed by atoms with E-state index in [1.807, 2.05) is 55.6 Å². The molecule has 0 bridgehead atoms. The number of nitrogens with zero attached hydrogens (tertiary/aromatic N) is 5. The van der Waals surface area contributed by atoms with E-state index >= 15 is 0 Å². The van der Waals surface area contributed by atoms with Gasteiger partial charge in [0, 0.05) is 28.1 Å². The standard InChI is InChI=1S/C20H23N5OS2/c1-12-9-10-24(16-7-5-6-8-17(16)28-12)18(26)11-27-20-22-19-21-14(3)13(2)15(4)25(19)23-20/h5-8,12H,9-11H2,1-4H3/t12-/m1/s1. The van der Waals surface area contributed by atoms with Crippen LogP contribution >= 0.6 is 23.5 Å². The van der Waals surface area contributed by atoms with Crippen LogP contribution in [0.2, 0.25) is 0 Å². The van der Waals surface area contributed by atoms with Crippen LogP contribution in [0.25, 0.3) is 5.78 Å². The zero-order valence-corrected chi connectivity index (χ0v) is 18.1. The van der Waals surface area contributed by atoms with Crippen molar-refractivity contribution < 1.29 is 4.79 Å². The molecule has 2 aromatic heterocycles. The summed E-state index contributed by atoms with van der Waals surface area (Å²) in [5, 5.41) is 5.61. The van der Waals surface area contributed by atoms with E-state index in [2.05, 4.69) is 28.1 Å². The maximum Gasteiger partial charge on any atom is 0.253 e. The minimum absolute atomic E-state index is 0.0862. The first-order valence-electron chi connectivity index (χ1n) is 9.33. The number of para-hydroxylation sites is 1. The molecule has 146 valence electrons. The van der Waals surface area contributed by atoms with Crippen LogP contribution in [0.1, 0.15) is 30.3 Å². The van der Waals surface area contributed by atoms with Gasteiger partial charge >= 0.3 is 0 Å². The Morgan fingerprint density at radius 1 is 1.25 bits per heavy atom. The predicted octanol–water partition coefficient (Wildman–Crippen LogP) is 4.06. The summed E-state index contributed by atoms with van der Waals surface area (Å²) >= 11 is 3.21. The summed E-state index contributed by atoms with van der Waals surface area (Å²) in [6, 6.07) is 8.15. The zero-order chi connectivity index (χ0) is 19.8. The van der Waals surface area contributed by atoms with Crippen molar-refractivity contribution in [2.45, 2.75) is 49.4 Å². The second-order valence-corrected chi connectivity index (χ2v) is 9.46. The number of thioether (sulfide) groups is 2. The number of anilines is 1. The normalized spacial score (nSPS) is 16.9. The SMILES string of the molecule is Cc1nc2nc(SCC(=O)N3CC[C@@H](C)Sc4ccccc43)nn2c(C)c1C. The molecule has 1 amide bonds. The van der Waals surface area contributed by atoms with E-state index in [0.717, 1.165) is 35.6 Å². The second kappa shape index (κ2) is 7.75. The van der Waals surface area contributed by atoms with Crippen LogP contribution in [0.5, 0.6) is 0 Å². The van der Waals surface area contributed by atoms with Crippen LogP contribution in [0.3, 0.4) is 0 Å². The van der Waals surface area contributed by atoms with Gasteiger partial charge in [-0.1, -0.05) is 30.8 Å². The van der Waals surface area contributed by atoms with Crippen LogP contribution in [-0.2, 0) is 4.79 Å². The fraction of sp³-hybridized carbons (Fsp3) is 0.400. The van der Waals surface area contributed by atoms with Gasteiger partial charge in [-0.25, -0.2) is 9.50 Å². The van der Waals surface area contributed by atoms with E-state index in [1.165, 1.54) is 16.7 Å². The molecule has 0 saturated heterocycles. The van der Waals surface area contributed by atoms with Crippen LogP contribution in [0.4, 0.5) is 5.69 Å². The van der Waals surface area contributed by atoms with Crippen molar-refractivity contribution in [2.75, 3.05) is 17.2 Å². The molecule has 1 aliphatic rings. The highest BCUT2D eigenvalue weighted by atomic mass is 32.2. The van der Waals surface area contributed by atoms with Gasteiger partial charge in [0.15, 0.2) is 0 Å². The Kier molecular flexibility index (Phi) is 5.33. The van der Waals surface area contributed by atoms with Gasteiger partial charge in [0.1, 0.15) is 0 Å². The molecule has 0 spiro atoms. The summed E-state index contributed by atoms with van der Waals surface area (Å²) in [6.45, 7) is 8.97. The second-order valence-electron chi connectivity index (χ2n) is 7.03. The minimum atomic E-state index is 0.0862. The van der Waals surface area contributed by atoms with Crippen LogP contribution in [0.15, 0.2) is 34.3 Å². The number of carbonyl (C=O) groups excluding carboxylic acids is 1. The molecule has 8 heteroatoms. The molecule has 0 unspecified atom stereocenters. The van der Waals surface area contributed by atoms with Gasteiger partial charge in [-0.15, -0.1) is 16.9 Å². The van der Waals surface area contributed by atoms with Gasteiger partial charge in [-0.2, -0.15) is 4.98 Å². The number of carbonyl (C=O) groups is 1. The fourth-order valence-corrected chi connectivity index (χ4v) is 5.06. The Bertz CT molecular complexity index is 1050. The summed E-state index contributed by atoms with van der Waals surface area (Å²) in [5.74, 6) is 0.977. The molecule has 0 N–H and O–H groups in total. The molecule has 4 rings (SSSR count). The minimum Gasteiger partial charge on any atom is -0.311 e. The van der Waals surface area contributed by atoms with Crippen molar-refractivity contribution in [1.29, 1.82) is 0 Å². The maximum atomic E-state index is 13.0.